The number of benzene rings is 2. The number of ether oxygens (including phenoxy) is 1. The normalized spacial score (nSPS) is 18.6. The van der Waals surface area contributed by atoms with Crippen molar-refractivity contribution in [3.8, 4) is 0 Å². The third-order valence-corrected chi connectivity index (χ3v) is 5.66. The van der Waals surface area contributed by atoms with E-state index >= 15 is 0 Å². The largest absolute Gasteiger partial charge is 0.376 e. The lowest BCUT2D eigenvalue weighted by molar-refractivity contribution is -0.384. The van der Waals surface area contributed by atoms with E-state index in [0.29, 0.717) is 18.6 Å². The number of hydrogen-bond acceptors (Lipinski definition) is 5. The summed E-state index contributed by atoms with van der Waals surface area (Å²) in [7, 11) is -3.94. The van der Waals surface area contributed by atoms with E-state index in [1.54, 1.807) is 0 Å². The molecule has 1 fully saturated rings. The van der Waals surface area contributed by atoms with Crippen LogP contribution in [0.4, 0.5) is 10.1 Å². The monoisotopic (exact) mass is 380 g/mol. The molecule has 1 aliphatic heterocycles. The number of sulfonamides is 1. The fraction of sp³-hybridized carbons (Fsp3) is 0.294. The van der Waals surface area contributed by atoms with E-state index in [1.807, 2.05) is 0 Å². The van der Waals surface area contributed by atoms with E-state index in [-0.39, 0.29) is 16.7 Å². The van der Waals surface area contributed by atoms with Crippen molar-refractivity contribution >= 4 is 15.7 Å². The molecule has 0 amide bonds. The molecule has 138 valence electrons. The number of nitro groups is 1. The molecule has 0 spiro atoms. The fourth-order valence-electron chi connectivity index (χ4n) is 2.88. The summed E-state index contributed by atoms with van der Waals surface area (Å²) in [6.07, 6.45) is 1.11. The van der Waals surface area contributed by atoms with E-state index in [2.05, 4.69) is 4.72 Å². The Bertz CT molecular complexity index is 878. The predicted molar refractivity (Wildman–Crippen MR) is 91.5 cm³/mol. The highest BCUT2D eigenvalue weighted by Crippen LogP contribution is 2.29. The Morgan fingerprint density at radius 2 is 1.81 bits per heavy atom. The maximum Gasteiger partial charge on any atom is 0.269 e. The SMILES string of the molecule is O=[N+]([O-])c1ccc(S(=O)(=O)N[C@@H](c2ccc(F)cc2)[C@H]2CCCO2)cc1. The maximum absolute atomic E-state index is 13.2. The number of hydrogen-bond donors (Lipinski definition) is 1. The van der Waals surface area contributed by atoms with Crippen LogP contribution in [0.5, 0.6) is 0 Å². The van der Waals surface area contributed by atoms with Crippen LogP contribution in [-0.4, -0.2) is 26.1 Å². The summed E-state index contributed by atoms with van der Waals surface area (Å²) in [5.74, 6) is -0.418. The van der Waals surface area contributed by atoms with Gasteiger partial charge in [-0.3, -0.25) is 10.1 Å². The van der Waals surface area contributed by atoms with Gasteiger partial charge in [0.1, 0.15) is 5.82 Å². The van der Waals surface area contributed by atoms with Gasteiger partial charge in [-0.1, -0.05) is 12.1 Å². The number of rotatable bonds is 6. The van der Waals surface area contributed by atoms with Gasteiger partial charge in [0.2, 0.25) is 10.0 Å². The van der Waals surface area contributed by atoms with Gasteiger partial charge in [-0.05, 0) is 42.7 Å². The number of non-ortho nitro benzene ring substituents is 1. The molecular formula is C17H17FN2O5S. The highest BCUT2D eigenvalue weighted by Gasteiger charge is 2.31. The second kappa shape index (κ2) is 7.48. The number of nitrogens with one attached hydrogen (secondary N) is 1. The lowest BCUT2D eigenvalue weighted by Crippen LogP contribution is -2.36. The summed E-state index contributed by atoms with van der Waals surface area (Å²) in [6.45, 7) is 0.529. The summed E-state index contributed by atoms with van der Waals surface area (Å²) in [4.78, 5) is 10.0. The lowest BCUT2D eigenvalue weighted by atomic mass is 10.0. The van der Waals surface area contributed by atoms with Crippen molar-refractivity contribution < 1.29 is 22.5 Å². The smallest absolute Gasteiger partial charge is 0.269 e. The highest BCUT2D eigenvalue weighted by molar-refractivity contribution is 7.89. The molecule has 1 saturated heterocycles. The first-order valence-corrected chi connectivity index (χ1v) is 9.49. The molecule has 2 aromatic rings. The van der Waals surface area contributed by atoms with Gasteiger partial charge in [0.15, 0.2) is 0 Å². The summed E-state index contributed by atoms with van der Waals surface area (Å²) in [5.41, 5.74) is 0.391. The highest BCUT2D eigenvalue weighted by atomic mass is 32.2. The maximum atomic E-state index is 13.2. The van der Waals surface area contributed by atoms with Gasteiger partial charge in [-0.25, -0.2) is 17.5 Å². The first-order valence-electron chi connectivity index (χ1n) is 8.01. The van der Waals surface area contributed by atoms with E-state index in [9.17, 15) is 22.9 Å². The zero-order valence-corrected chi connectivity index (χ0v) is 14.5. The van der Waals surface area contributed by atoms with Gasteiger partial charge in [-0.2, -0.15) is 0 Å². The van der Waals surface area contributed by atoms with Crippen molar-refractivity contribution in [2.75, 3.05) is 6.61 Å². The van der Waals surface area contributed by atoms with Crippen molar-refractivity contribution in [2.45, 2.75) is 29.9 Å². The third kappa shape index (κ3) is 4.06. The third-order valence-electron chi connectivity index (χ3n) is 4.21. The molecule has 2 aromatic carbocycles. The van der Waals surface area contributed by atoms with Gasteiger partial charge in [-0.15, -0.1) is 0 Å². The van der Waals surface area contributed by atoms with Crippen LogP contribution < -0.4 is 4.72 Å². The first kappa shape index (κ1) is 18.4. The van der Waals surface area contributed by atoms with Crippen LogP contribution in [0, 0.1) is 15.9 Å². The van der Waals surface area contributed by atoms with Gasteiger partial charge >= 0.3 is 0 Å². The molecule has 0 bridgehead atoms. The van der Waals surface area contributed by atoms with E-state index in [1.165, 1.54) is 36.4 Å². The second-order valence-electron chi connectivity index (χ2n) is 5.95. The van der Waals surface area contributed by atoms with E-state index in [4.69, 9.17) is 4.74 Å². The predicted octanol–water partition coefficient (Wildman–Crippen LogP) is 2.93. The number of halogens is 1. The summed E-state index contributed by atoms with van der Waals surface area (Å²) < 4.78 is 46.8. The van der Waals surface area contributed by atoms with Crippen LogP contribution in [0.2, 0.25) is 0 Å². The zero-order chi connectivity index (χ0) is 18.7. The molecule has 0 aliphatic carbocycles. The van der Waals surface area contributed by atoms with Crippen LogP contribution >= 0.6 is 0 Å². The van der Waals surface area contributed by atoms with E-state index < -0.39 is 26.8 Å². The number of nitro benzene ring substituents is 1. The minimum Gasteiger partial charge on any atom is -0.376 e. The standard InChI is InChI=1S/C17H17FN2O5S/c18-13-5-3-12(4-6-13)17(16-2-1-11-25-16)19-26(23,24)15-9-7-14(8-10-15)20(21)22/h3-10,16-17,19H,1-2,11H2/t16-,17+/m1/s1. The zero-order valence-electron chi connectivity index (χ0n) is 13.7. The molecule has 1 aliphatic rings. The lowest BCUT2D eigenvalue weighted by Gasteiger charge is -2.24. The summed E-state index contributed by atoms with van der Waals surface area (Å²) in [5, 5.41) is 10.7. The Kier molecular flexibility index (Phi) is 5.30. The van der Waals surface area contributed by atoms with Crippen LogP contribution in [0.15, 0.2) is 53.4 Å². The van der Waals surface area contributed by atoms with Gasteiger partial charge in [0.25, 0.3) is 5.69 Å². The topological polar surface area (TPSA) is 98.5 Å². The molecule has 26 heavy (non-hydrogen) atoms. The van der Waals surface area contributed by atoms with Crippen LogP contribution in [0.1, 0.15) is 24.4 Å². The molecule has 1 N–H and O–H groups in total. The Hall–Kier alpha value is -2.36. The molecular weight excluding hydrogens is 363 g/mol. The fourth-order valence-corrected chi connectivity index (χ4v) is 4.13. The molecule has 7 nitrogen and oxygen atoms in total. The van der Waals surface area contributed by atoms with Gasteiger partial charge < -0.3 is 4.74 Å². The average Bonchev–Trinajstić information content (AvgIpc) is 3.15. The molecule has 0 aromatic heterocycles. The van der Waals surface area contributed by atoms with Crippen molar-refractivity contribution in [1.29, 1.82) is 0 Å². The quantitative estimate of drug-likeness (QED) is 0.614. The molecule has 0 radical (unpaired) electrons. The molecule has 0 saturated carbocycles. The van der Waals surface area contributed by atoms with Crippen molar-refractivity contribution in [3.63, 3.8) is 0 Å². The minimum absolute atomic E-state index is 0.0896. The van der Waals surface area contributed by atoms with E-state index in [0.717, 1.165) is 18.6 Å². The Balaban J connectivity index is 1.89. The van der Waals surface area contributed by atoms with Crippen molar-refractivity contribution in [1.82, 2.24) is 4.72 Å². The first-order chi connectivity index (χ1) is 12.4. The Labute approximate surface area is 150 Å². The number of nitrogens with zero attached hydrogens (tertiary/aromatic N) is 1. The van der Waals surface area contributed by atoms with Gasteiger partial charge in [0.05, 0.1) is 22.0 Å². The molecule has 3 rings (SSSR count). The molecule has 0 unspecified atom stereocenters. The van der Waals surface area contributed by atoms with Crippen LogP contribution in [-0.2, 0) is 14.8 Å². The molecule has 9 heteroatoms. The molecule has 2 atom stereocenters. The summed E-state index contributed by atoms with van der Waals surface area (Å²) >= 11 is 0. The van der Waals surface area contributed by atoms with Crippen LogP contribution in [0.25, 0.3) is 0 Å². The van der Waals surface area contributed by atoms with Crippen LogP contribution in [0.3, 0.4) is 0 Å². The van der Waals surface area contributed by atoms with Crippen molar-refractivity contribution in [2.24, 2.45) is 0 Å². The minimum atomic E-state index is -3.94. The second-order valence-corrected chi connectivity index (χ2v) is 7.67. The average molecular weight is 380 g/mol. The summed E-state index contributed by atoms with van der Waals surface area (Å²) in [6, 6.07) is 9.49. The molecule has 1 heterocycles. The van der Waals surface area contributed by atoms with Crippen molar-refractivity contribution in [3.05, 3.63) is 70.0 Å². The van der Waals surface area contributed by atoms with Gasteiger partial charge in [0, 0.05) is 18.7 Å². The Morgan fingerprint density at radius 1 is 1.15 bits per heavy atom. The Morgan fingerprint density at radius 3 is 2.35 bits per heavy atom.